The molecular formula is C18H13BO2. The van der Waals surface area contributed by atoms with Crippen LogP contribution in [0.5, 0.6) is 0 Å². The molecule has 0 radical (unpaired) electrons. The van der Waals surface area contributed by atoms with E-state index in [2.05, 4.69) is 24.3 Å². The SMILES string of the molecule is OB(O)c1cccc2c1ccc1ccc3ccccc3c12. The van der Waals surface area contributed by atoms with Crippen LogP contribution in [0.3, 0.4) is 0 Å². The summed E-state index contributed by atoms with van der Waals surface area (Å²) in [6.07, 6.45) is 0. The Balaban J connectivity index is 2.28. The summed E-state index contributed by atoms with van der Waals surface area (Å²) in [5, 5.41) is 25.8. The highest BCUT2D eigenvalue weighted by molar-refractivity contribution is 6.62. The number of benzene rings is 4. The van der Waals surface area contributed by atoms with Crippen LogP contribution in [0.2, 0.25) is 0 Å². The molecular weight excluding hydrogens is 259 g/mol. The molecule has 0 saturated carbocycles. The third kappa shape index (κ3) is 1.83. The second-order valence-electron chi connectivity index (χ2n) is 5.27. The molecule has 0 amide bonds. The van der Waals surface area contributed by atoms with Gasteiger partial charge in [-0.1, -0.05) is 66.7 Å². The van der Waals surface area contributed by atoms with Crippen LogP contribution in [0.4, 0.5) is 0 Å². The smallest absolute Gasteiger partial charge is 0.423 e. The minimum Gasteiger partial charge on any atom is -0.423 e. The summed E-state index contributed by atoms with van der Waals surface area (Å²) >= 11 is 0. The number of hydrogen-bond acceptors (Lipinski definition) is 2. The molecule has 100 valence electrons. The first-order valence-electron chi connectivity index (χ1n) is 6.95. The van der Waals surface area contributed by atoms with E-state index in [1.807, 2.05) is 36.4 Å². The van der Waals surface area contributed by atoms with Crippen LogP contribution in [-0.4, -0.2) is 17.2 Å². The lowest BCUT2D eigenvalue weighted by Crippen LogP contribution is -2.30. The zero-order chi connectivity index (χ0) is 14.4. The van der Waals surface area contributed by atoms with Crippen molar-refractivity contribution in [2.45, 2.75) is 0 Å². The topological polar surface area (TPSA) is 40.5 Å². The first-order chi connectivity index (χ1) is 10.3. The van der Waals surface area contributed by atoms with Gasteiger partial charge in [-0.05, 0) is 37.8 Å². The third-order valence-corrected chi connectivity index (χ3v) is 4.08. The lowest BCUT2D eigenvalue weighted by Gasteiger charge is -2.11. The summed E-state index contributed by atoms with van der Waals surface area (Å²) < 4.78 is 0. The highest BCUT2D eigenvalue weighted by atomic mass is 16.4. The molecule has 0 saturated heterocycles. The molecule has 0 aliphatic heterocycles. The molecule has 0 unspecified atom stereocenters. The molecule has 0 fully saturated rings. The van der Waals surface area contributed by atoms with E-state index in [1.54, 1.807) is 6.07 Å². The first-order valence-corrected chi connectivity index (χ1v) is 6.95. The highest BCUT2D eigenvalue weighted by Gasteiger charge is 2.15. The van der Waals surface area contributed by atoms with Crippen molar-refractivity contribution >= 4 is 44.9 Å². The summed E-state index contributed by atoms with van der Waals surface area (Å²) in [4.78, 5) is 0. The average molecular weight is 272 g/mol. The fourth-order valence-electron chi connectivity index (χ4n) is 3.11. The maximum absolute atomic E-state index is 9.56. The summed E-state index contributed by atoms with van der Waals surface area (Å²) in [5.74, 6) is 0. The Morgan fingerprint density at radius 3 is 2.14 bits per heavy atom. The Morgan fingerprint density at radius 2 is 1.29 bits per heavy atom. The van der Waals surface area contributed by atoms with E-state index < -0.39 is 7.12 Å². The van der Waals surface area contributed by atoms with Gasteiger partial charge in [-0.2, -0.15) is 0 Å². The van der Waals surface area contributed by atoms with Crippen molar-refractivity contribution < 1.29 is 10.0 Å². The molecule has 0 aliphatic carbocycles. The fraction of sp³-hybridized carbons (Fsp3) is 0. The predicted octanol–water partition coefficient (Wildman–Crippen LogP) is 2.83. The Kier molecular flexibility index (Phi) is 2.71. The van der Waals surface area contributed by atoms with Gasteiger partial charge in [-0.25, -0.2) is 0 Å². The molecule has 2 N–H and O–H groups in total. The largest absolute Gasteiger partial charge is 0.489 e. The summed E-state index contributed by atoms with van der Waals surface area (Å²) in [6, 6.07) is 22.2. The van der Waals surface area contributed by atoms with Crippen LogP contribution < -0.4 is 5.46 Å². The van der Waals surface area contributed by atoms with E-state index >= 15 is 0 Å². The molecule has 4 aromatic rings. The zero-order valence-corrected chi connectivity index (χ0v) is 11.3. The standard InChI is InChI=1S/C18H13BO2/c20-19(21)17-7-3-6-16-15(17)11-10-13-9-8-12-4-1-2-5-14(12)18(13)16/h1-11,20-21H. The van der Waals surface area contributed by atoms with E-state index in [1.165, 1.54) is 10.8 Å². The van der Waals surface area contributed by atoms with E-state index in [4.69, 9.17) is 0 Å². The summed E-state index contributed by atoms with van der Waals surface area (Å²) in [6.45, 7) is 0. The number of fused-ring (bicyclic) bond motifs is 5. The van der Waals surface area contributed by atoms with E-state index in [0.29, 0.717) is 5.46 Å². The van der Waals surface area contributed by atoms with Crippen molar-refractivity contribution in [3.63, 3.8) is 0 Å². The highest BCUT2D eigenvalue weighted by Crippen LogP contribution is 2.31. The Bertz CT molecular complexity index is 976. The lowest BCUT2D eigenvalue weighted by atomic mass is 9.76. The van der Waals surface area contributed by atoms with Crippen molar-refractivity contribution in [2.75, 3.05) is 0 Å². The molecule has 0 atom stereocenters. The van der Waals surface area contributed by atoms with Crippen LogP contribution in [0.15, 0.2) is 66.7 Å². The van der Waals surface area contributed by atoms with Gasteiger partial charge in [-0.15, -0.1) is 0 Å². The van der Waals surface area contributed by atoms with Crippen molar-refractivity contribution in [1.82, 2.24) is 0 Å². The van der Waals surface area contributed by atoms with E-state index in [0.717, 1.165) is 21.5 Å². The van der Waals surface area contributed by atoms with E-state index in [9.17, 15) is 10.0 Å². The minimum absolute atomic E-state index is 0.544. The fourth-order valence-corrected chi connectivity index (χ4v) is 3.11. The van der Waals surface area contributed by atoms with Gasteiger partial charge in [0.1, 0.15) is 0 Å². The van der Waals surface area contributed by atoms with Gasteiger partial charge in [0.15, 0.2) is 0 Å². The van der Waals surface area contributed by atoms with Gasteiger partial charge >= 0.3 is 7.12 Å². The molecule has 21 heavy (non-hydrogen) atoms. The normalized spacial score (nSPS) is 11.3. The van der Waals surface area contributed by atoms with Crippen molar-refractivity contribution in [3.05, 3.63) is 66.7 Å². The Morgan fingerprint density at radius 1 is 0.571 bits per heavy atom. The van der Waals surface area contributed by atoms with Crippen LogP contribution in [0.1, 0.15) is 0 Å². The van der Waals surface area contributed by atoms with Crippen LogP contribution in [-0.2, 0) is 0 Å². The van der Waals surface area contributed by atoms with Crippen molar-refractivity contribution in [3.8, 4) is 0 Å². The van der Waals surface area contributed by atoms with Gasteiger partial charge in [0.25, 0.3) is 0 Å². The third-order valence-electron chi connectivity index (χ3n) is 4.08. The maximum atomic E-state index is 9.56. The maximum Gasteiger partial charge on any atom is 0.489 e. The van der Waals surface area contributed by atoms with Gasteiger partial charge in [0.2, 0.25) is 0 Å². The molecule has 2 nitrogen and oxygen atoms in total. The first kappa shape index (κ1) is 12.4. The molecule has 0 aliphatic rings. The van der Waals surface area contributed by atoms with Crippen molar-refractivity contribution in [1.29, 1.82) is 0 Å². The molecule has 0 heterocycles. The number of hydrogen-bond donors (Lipinski definition) is 2. The quantitative estimate of drug-likeness (QED) is 0.413. The molecule has 0 aromatic heterocycles. The Hall–Kier alpha value is -2.36. The second kappa shape index (κ2) is 4.59. The zero-order valence-electron chi connectivity index (χ0n) is 11.3. The lowest BCUT2D eigenvalue weighted by molar-refractivity contribution is 0.426. The minimum atomic E-state index is -1.46. The van der Waals surface area contributed by atoms with Crippen LogP contribution in [0, 0.1) is 0 Å². The number of rotatable bonds is 1. The van der Waals surface area contributed by atoms with Crippen LogP contribution >= 0.6 is 0 Å². The molecule has 4 rings (SSSR count). The Labute approximate surface area is 122 Å². The monoisotopic (exact) mass is 272 g/mol. The summed E-state index contributed by atoms with van der Waals surface area (Å²) in [7, 11) is -1.46. The van der Waals surface area contributed by atoms with Crippen LogP contribution in [0.25, 0.3) is 32.3 Å². The average Bonchev–Trinajstić information content (AvgIpc) is 2.53. The van der Waals surface area contributed by atoms with Gasteiger partial charge in [0, 0.05) is 0 Å². The van der Waals surface area contributed by atoms with Gasteiger partial charge < -0.3 is 10.0 Å². The van der Waals surface area contributed by atoms with Gasteiger partial charge in [0.05, 0.1) is 0 Å². The second-order valence-corrected chi connectivity index (χ2v) is 5.27. The summed E-state index contributed by atoms with van der Waals surface area (Å²) in [5.41, 5.74) is 0.544. The van der Waals surface area contributed by atoms with E-state index in [-0.39, 0.29) is 0 Å². The molecule has 0 bridgehead atoms. The predicted molar refractivity (Wildman–Crippen MR) is 88.8 cm³/mol. The van der Waals surface area contributed by atoms with Gasteiger partial charge in [-0.3, -0.25) is 0 Å². The van der Waals surface area contributed by atoms with Crippen molar-refractivity contribution in [2.24, 2.45) is 0 Å². The molecule has 0 spiro atoms. The molecule has 3 heteroatoms. The molecule has 4 aromatic carbocycles.